The van der Waals surface area contributed by atoms with Gasteiger partial charge in [-0.2, -0.15) is 0 Å². The van der Waals surface area contributed by atoms with Crippen molar-refractivity contribution in [2.75, 3.05) is 11.9 Å². The highest BCUT2D eigenvalue weighted by Gasteiger charge is 2.21. The first-order valence-corrected chi connectivity index (χ1v) is 9.87. The number of benzene rings is 2. The number of amides is 1. The Balaban J connectivity index is 1.81. The van der Waals surface area contributed by atoms with Crippen LogP contribution in [0.3, 0.4) is 0 Å². The van der Waals surface area contributed by atoms with Crippen LogP contribution in [0.15, 0.2) is 67.0 Å². The molecular formula is C24H24N4O2. The summed E-state index contributed by atoms with van der Waals surface area (Å²) in [5, 5.41) is 0. The van der Waals surface area contributed by atoms with Crippen LogP contribution in [0.1, 0.15) is 25.3 Å². The predicted molar refractivity (Wildman–Crippen MR) is 119 cm³/mol. The van der Waals surface area contributed by atoms with E-state index in [1.54, 1.807) is 25.5 Å². The molecule has 0 fully saturated rings. The van der Waals surface area contributed by atoms with E-state index < -0.39 is 6.09 Å². The summed E-state index contributed by atoms with van der Waals surface area (Å²) in [7, 11) is 3.59. The van der Waals surface area contributed by atoms with E-state index >= 15 is 0 Å². The Bertz CT molecular complexity index is 1200. The molecule has 152 valence electrons. The summed E-state index contributed by atoms with van der Waals surface area (Å²) in [6.07, 6.45) is 1.26. The number of anilines is 1. The van der Waals surface area contributed by atoms with Gasteiger partial charge in [0, 0.05) is 25.7 Å². The number of fused-ring (bicyclic) bond motifs is 1. The van der Waals surface area contributed by atoms with Crippen LogP contribution in [0.5, 0.6) is 5.75 Å². The van der Waals surface area contributed by atoms with Gasteiger partial charge in [-0.05, 0) is 23.6 Å². The van der Waals surface area contributed by atoms with Gasteiger partial charge in [0.1, 0.15) is 22.8 Å². The number of para-hydroxylation sites is 1. The van der Waals surface area contributed by atoms with Gasteiger partial charge in [-0.1, -0.05) is 56.3 Å². The molecule has 2 aromatic carbocycles. The lowest BCUT2D eigenvalue weighted by atomic mass is 9.94. The van der Waals surface area contributed by atoms with Crippen LogP contribution in [0.2, 0.25) is 0 Å². The molecule has 0 unspecified atom stereocenters. The molecule has 0 aliphatic carbocycles. The number of hydrogen-bond donors (Lipinski definition) is 0. The zero-order valence-electron chi connectivity index (χ0n) is 17.5. The molecule has 0 N–H and O–H groups in total. The molecule has 1 amide bonds. The highest BCUT2D eigenvalue weighted by Crippen LogP contribution is 2.34. The zero-order chi connectivity index (χ0) is 21.3. The highest BCUT2D eigenvalue weighted by molar-refractivity contribution is 5.96. The molecule has 6 nitrogen and oxygen atoms in total. The number of aromatic nitrogens is 3. The van der Waals surface area contributed by atoms with Gasteiger partial charge in [-0.3, -0.25) is 4.90 Å². The summed E-state index contributed by atoms with van der Waals surface area (Å²) in [4.78, 5) is 23.6. The van der Waals surface area contributed by atoms with Crippen molar-refractivity contribution in [3.05, 3.63) is 72.6 Å². The Morgan fingerprint density at radius 1 is 1.07 bits per heavy atom. The van der Waals surface area contributed by atoms with Gasteiger partial charge >= 0.3 is 6.09 Å². The third-order valence-corrected chi connectivity index (χ3v) is 5.10. The summed E-state index contributed by atoms with van der Waals surface area (Å²) in [5.74, 6) is 1.31. The molecular weight excluding hydrogens is 376 g/mol. The van der Waals surface area contributed by atoms with Crippen LogP contribution in [0.25, 0.3) is 22.3 Å². The lowest BCUT2D eigenvalue weighted by molar-refractivity contribution is 0.209. The first-order valence-electron chi connectivity index (χ1n) is 9.87. The van der Waals surface area contributed by atoms with Crippen LogP contribution in [-0.2, 0) is 7.05 Å². The molecule has 30 heavy (non-hydrogen) atoms. The molecule has 0 bridgehead atoms. The van der Waals surface area contributed by atoms with Gasteiger partial charge in [0.05, 0.1) is 11.8 Å². The van der Waals surface area contributed by atoms with Crippen LogP contribution in [0.4, 0.5) is 10.6 Å². The van der Waals surface area contributed by atoms with Crippen LogP contribution in [0, 0.1) is 0 Å². The zero-order valence-corrected chi connectivity index (χ0v) is 17.5. The molecule has 4 aromatic rings. The summed E-state index contributed by atoms with van der Waals surface area (Å²) in [6, 6.07) is 19.1. The molecule has 2 aromatic heterocycles. The first kappa shape index (κ1) is 19.6. The van der Waals surface area contributed by atoms with Crippen molar-refractivity contribution in [2.45, 2.75) is 19.8 Å². The van der Waals surface area contributed by atoms with E-state index in [-0.39, 0.29) is 0 Å². The summed E-state index contributed by atoms with van der Waals surface area (Å²) < 4.78 is 7.42. The number of pyridine rings is 1. The quantitative estimate of drug-likeness (QED) is 0.461. The van der Waals surface area contributed by atoms with Gasteiger partial charge in [0.25, 0.3) is 0 Å². The molecule has 0 radical (unpaired) electrons. The third kappa shape index (κ3) is 3.64. The van der Waals surface area contributed by atoms with Crippen molar-refractivity contribution < 1.29 is 9.53 Å². The van der Waals surface area contributed by atoms with Crippen LogP contribution in [-0.4, -0.2) is 27.7 Å². The maximum Gasteiger partial charge on any atom is 0.420 e. The topological polar surface area (TPSA) is 60.3 Å². The SMILES string of the molecule is CC(C)c1ccccc1-c1nc(N(C)C(=O)Oc2ccccc2)cc2c1ncn2C. The van der Waals surface area contributed by atoms with E-state index in [2.05, 4.69) is 31.0 Å². The number of hydrogen-bond acceptors (Lipinski definition) is 4. The fourth-order valence-electron chi connectivity index (χ4n) is 3.44. The van der Waals surface area contributed by atoms with E-state index in [1.807, 2.05) is 48.0 Å². The molecule has 0 aliphatic heterocycles. The molecule has 6 heteroatoms. The highest BCUT2D eigenvalue weighted by atomic mass is 16.6. The van der Waals surface area contributed by atoms with Crippen molar-refractivity contribution in [1.82, 2.24) is 14.5 Å². The van der Waals surface area contributed by atoms with E-state index in [0.29, 0.717) is 17.5 Å². The second kappa shape index (κ2) is 7.99. The van der Waals surface area contributed by atoms with Crippen LogP contribution >= 0.6 is 0 Å². The predicted octanol–water partition coefficient (Wildman–Crippen LogP) is 5.39. The van der Waals surface area contributed by atoms with E-state index in [0.717, 1.165) is 22.3 Å². The maximum absolute atomic E-state index is 12.7. The minimum Gasteiger partial charge on any atom is -0.410 e. The molecule has 2 heterocycles. The van der Waals surface area contributed by atoms with Crippen molar-refractivity contribution >= 4 is 22.9 Å². The number of carbonyl (C=O) groups is 1. The smallest absolute Gasteiger partial charge is 0.410 e. The average molecular weight is 400 g/mol. The minimum absolute atomic E-state index is 0.325. The van der Waals surface area contributed by atoms with Gasteiger partial charge in [-0.25, -0.2) is 14.8 Å². The van der Waals surface area contributed by atoms with Crippen molar-refractivity contribution in [3.63, 3.8) is 0 Å². The number of imidazole rings is 1. The summed E-state index contributed by atoms with van der Waals surface area (Å²) in [5.41, 5.74) is 4.66. The Morgan fingerprint density at radius 3 is 2.50 bits per heavy atom. The largest absolute Gasteiger partial charge is 0.420 e. The molecule has 0 aliphatic rings. The Morgan fingerprint density at radius 2 is 1.77 bits per heavy atom. The van der Waals surface area contributed by atoms with E-state index in [4.69, 9.17) is 9.72 Å². The molecule has 0 saturated heterocycles. The number of ether oxygens (including phenoxy) is 1. The fraction of sp³-hybridized carbons (Fsp3) is 0.208. The average Bonchev–Trinajstić information content (AvgIpc) is 3.14. The normalized spacial score (nSPS) is 11.1. The number of nitrogens with zero attached hydrogens (tertiary/aromatic N) is 4. The fourth-order valence-corrected chi connectivity index (χ4v) is 3.44. The third-order valence-electron chi connectivity index (χ3n) is 5.10. The second-order valence-electron chi connectivity index (χ2n) is 7.53. The number of carbonyl (C=O) groups excluding carboxylic acids is 1. The van der Waals surface area contributed by atoms with Gasteiger partial charge in [0.15, 0.2) is 0 Å². The van der Waals surface area contributed by atoms with Gasteiger partial charge < -0.3 is 9.30 Å². The van der Waals surface area contributed by atoms with Crippen molar-refractivity contribution in [2.24, 2.45) is 7.05 Å². The Kier molecular flexibility index (Phi) is 5.23. The minimum atomic E-state index is -0.502. The Labute approximate surface area is 175 Å². The van der Waals surface area contributed by atoms with E-state index in [1.165, 1.54) is 10.5 Å². The standard InChI is InChI=1S/C24H24N4O2/c1-16(2)18-12-8-9-13-19(18)22-23-20(27(3)15-25-23)14-21(26-22)28(4)24(29)30-17-10-6-5-7-11-17/h5-16H,1-4H3. The van der Waals surface area contributed by atoms with Gasteiger partial charge in [0.2, 0.25) is 0 Å². The van der Waals surface area contributed by atoms with Crippen molar-refractivity contribution in [1.29, 1.82) is 0 Å². The summed E-state index contributed by atoms with van der Waals surface area (Å²) >= 11 is 0. The van der Waals surface area contributed by atoms with Crippen LogP contribution < -0.4 is 9.64 Å². The molecule has 4 rings (SSSR count). The molecule has 0 spiro atoms. The number of rotatable bonds is 4. The second-order valence-corrected chi connectivity index (χ2v) is 7.53. The monoisotopic (exact) mass is 400 g/mol. The lowest BCUT2D eigenvalue weighted by Crippen LogP contribution is -2.30. The maximum atomic E-state index is 12.7. The number of aryl methyl sites for hydroxylation is 1. The van der Waals surface area contributed by atoms with E-state index in [9.17, 15) is 4.79 Å². The molecule has 0 saturated carbocycles. The Hall–Kier alpha value is -3.67. The summed E-state index contributed by atoms with van der Waals surface area (Å²) in [6.45, 7) is 4.31. The molecule has 0 atom stereocenters. The first-order chi connectivity index (χ1) is 14.5. The lowest BCUT2D eigenvalue weighted by Gasteiger charge is -2.19. The van der Waals surface area contributed by atoms with Crippen molar-refractivity contribution in [3.8, 4) is 17.0 Å². The van der Waals surface area contributed by atoms with Gasteiger partial charge in [-0.15, -0.1) is 0 Å².